The van der Waals surface area contributed by atoms with Crippen LogP contribution in [0.15, 0.2) is 84.9 Å². The molecule has 3 rings (SSSR count). The quantitative estimate of drug-likeness (QED) is 0.210. The molecule has 44 heavy (non-hydrogen) atoms. The number of carbonyl (C=O) groups excluding carboxylic acids is 2. The first-order chi connectivity index (χ1) is 20.5. The highest BCUT2D eigenvalue weighted by Gasteiger charge is 2.32. The van der Waals surface area contributed by atoms with E-state index >= 15 is 0 Å². The van der Waals surface area contributed by atoms with E-state index in [1.807, 2.05) is 39.0 Å². The second-order valence-electron chi connectivity index (χ2n) is 11.9. The number of sulfonamides is 1. The monoisotopic (exact) mass is 643 g/mol. The number of hydrogen-bond donors (Lipinski definition) is 4. The Kier molecular flexibility index (Phi) is 11.8. The summed E-state index contributed by atoms with van der Waals surface area (Å²) in [5.41, 5.74) is 1.70. The number of nitrogens with one attached hydrogen (secondary N) is 3. The van der Waals surface area contributed by atoms with Crippen molar-refractivity contribution in [2.45, 2.75) is 63.1 Å². The van der Waals surface area contributed by atoms with Gasteiger partial charge >= 0.3 is 0 Å². The van der Waals surface area contributed by atoms with Crippen LogP contribution in [-0.4, -0.2) is 69.5 Å². The summed E-state index contributed by atoms with van der Waals surface area (Å²) in [4.78, 5) is 26.6. The lowest BCUT2D eigenvalue weighted by Crippen LogP contribution is -2.55. The number of benzene rings is 3. The molecular weight excluding hydrogens is 603 g/mol. The van der Waals surface area contributed by atoms with Gasteiger partial charge in [-0.1, -0.05) is 78.9 Å². The number of hydrogen-bond acceptors (Lipinski definition) is 7. The molecule has 0 saturated heterocycles. The third-order valence-corrected chi connectivity index (χ3v) is 8.92. The maximum atomic E-state index is 13.6. The van der Waals surface area contributed by atoms with Crippen molar-refractivity contribution >= 4 is 31.7 Å². The van der Waals surface area contributed by atoms with Crippen molar-refractivity contribution in [3.63, 3.8) is 0 Å². The zero-order valence-corrected chi connectivity index (χ0v) is 27.0. The van der Waals surface area contributed by atoms with Crippen LogP contribution in [0.2, 0.25) is 0 Å². The molecule has 10 nitrogen and oxygen atoms in total. The van der Waals surface area contributed by atoms with Crippen LogP contribution in [0.25, 0.3) is 0 Å². The normalized spacial score (nSPS) is 14.3. The van der Waals surface area contributed by atoms with E-state index in [-0.39, 0.29) is 24.5 Å². The van der Waals surface area contributed by atoms with Crippen molar-refractivity contribution in [3.8, 4) is 0 Å². The molecule has 0 aliphatic heterocycles. The number of rotatable bonds is 14. The molecule has 238 valence electrons. The van der Waals surface area contributed by atoms with E-state index in [9.17, 15) is 31.5 Å². The number of amides is 2. The van der Waals surface area contributed by atoms with Crippen molar-refractivity contribution < 1.29 is 31.5 Å². The fourth-order valence-electron chi connectivity index (χ4n) is 4.69. The second-order valence-corrected chi connectivity index (χ2v) is 15.8. The molecule has 0 saturated carbocycles. The van der Waals surface area contributed by atoms with Crippen LogP contribution in [0.3, 0.4) is 0 Å². The number of aliphatic hydroxyl groups is 1. The van der Waals surface area contributed by atoms with E-state index < -0.39 is 55.2 Å². The Morgan fingerprint density at radius 3 is 1.91 bits per heavy atom. The van der Waals surface area contributed by atoms with Gasteiger partial charge in [0.25, 0.3) is 5.91 Å². The van der Waals surface area contributed by atoms with Crippen molar-refractivity contribution in [1.82, 2.24) is 15.4 Å². The SMILES string of the molecule is CC(C)(C)NC(=O)c1ccccc1C[C@@H](O)[C@H](Cc1ccccc1)NC(=O)[C@H](CS(=O)(=O)Cc1ccccc1)NS(C)(=O)=O. The molecule has 0 unspecified atom stereocenters. The Labute approximate surface area is 260 Å². The zero-order valence-electron chi connectivity index (χ0n) is 25.4. The van der Waals surface area contributed by atoms with Crippen LogP contribution in [-0.2, 0) is 43.2 Å². The molecule has 4 N–H and O–H groups in total. The molecule has 0 aliphatic carbocycles. The highest BCUT2D eigenvalue weighted by atomic mass is 32.2. The van der Waals surface area contributed by atoms with Gasteiger partial charge in [0.15, 0.2) is 9.84 Å². The number of carbonyl (C=O) groups is 2. The van der Waals surface area contributed by atoms with Gasteiger partial charge in [-0.25, -0.2) is 21.6 Å². The van der Waals surface area contributed by atoms with Gasteiger partial charge in [0.05, 0.1) is 29.9 Å². The average molecular weight is 644 g/mol. The molecular formula is C32H41N3O7S2. The predicted molar refractivity (Wildman–Crippen MR) is 171 cm³/mol. The lowest BCUT2D eigenvalue weighted by atomic mass is 9.93. The number of aliphatic hydroxyl groups excluding tert-OH is 1. The third-order valence-electron chi connectivity index (χ3n) is 6.59. The molecule has 0 heterocycles. The average Bonchev–Trinajstić information content (AvgIpc) is 2.91. The first-order valence-corrected chi connectivity index (χ1v) is 17.9. The van der Waals surface area contributed by atoms with Crippen LogP contribution in [0.4, 0.5) is 0 Å². The maximum Gasteiger partial charge on any atom is 0.251 e. The van der Waals surface area contributed by atoms with Crippen molar-refractivity contribution in [2.24, 2.45) is 0 Å². The largest absolute Gasteiger partial charge is 0.391 e. The van der Waals surface area contributed by atoms with E-state index in [1.165, 1.54) is 0 Å². The van der Waals surface area contributed by atoms with E-state index in [0.29, 0.717) is 16.7 Å². The molecule has 0 radical (unpaired) electrons. The Hall–Kier alpha value is -3.58. The van der Waals surface area contributed by atoms with Gasteiger partial charge in [-0.2, -0.15) is 0 Å². The van der Waals surface area contributed by atoms with Gasteiger partial charge in [0, 0.05) is 17.5 Å². The van der Waals surface area contributed by atoms with Crippen LogP contribution in [0, 0.1) is 0 Å². The Morgan fingerprint density at radius 1 is 0.795 bits per heavy atom. The Bertz CT molecular complexity index is 1620. The summed E-state index contributed by atoms with van der Waals surface area (Å²) in [6, 6.07) is 21.6. The minimum Gasteiger partial charge on any atom is -0.391 e. The molecule has 0 bridgehead atoms. The summed E-state index contributed by atoms with van der Waals surface area (Å²) in [5.74, 6) is -2.38. The summed E-state index contributed by atoms with van der Waals surface area (Å²) in [6.07, 6.45) is -0.232. The fraction of sp³-hybridized carbons (Fsp3) is 0.375. The molecule has 0 aromatic heterocycles. The third kappa shape index (κ3) is 11.8. The van der Waals surface area contributed by atoms with Crippen molar-refractivity contribution in [3.05, 3.63) is 107 Å². The molecule has 3 aromatic carbocycles. The van der Waals surface area contributed by atoms with Crippen LogP contribution < -0.4 is 15.4 Å². The topological polar surface area (TPSA) is 159 Å². The van der Waals surface area contributed by atoms with Gasteiger partial charge in [-0.05, 0) is 49.9 Å². The van der Waals surface area contributed by atoms with Crippen LogP contribution in [0.1, 0.15) is 47.8 Å². The van der Waals surface area contributed by atoms with Gasteiger partial charge in [-0.3, -0.25) is 9.59 Å². The molecule has 0 spiro atoms. The Balaban J connectivity index is 1.88. The minimum absolute atomic E-state index is 0.0119. The summed E-state index contributed by atoms with van der Waals surface area (Å²) in [7, 11) is -7.93. The maximum absolute atomic E-state index is 13.6. The zero-order chi connectivity index (χ0) is 32.5. The fourth-order valence-corrected chi connectivity index (χ4v) is 7.07. The van der Waals surface area contributed by atoms with E-state index in [0.717, 1.165) is 11.8 Å². The van der Waals surface area contributed by atoms with E-state index in [4.69, 9.17) is 0 Å². The summed E-state index contributed by atoms with van der Waals surface area (Å²) in [5, 5.41) is 17.1. The second kappa shape index (κ2) is 14.9. The lowest BCUT2D eigenvalue weighted by molar-refractivity contribution is -0.123. The molecule has 12 heteroatoms. The highest BCUT2D eigenvalue weighted by molar-refractivity contribution is 7.91. The standard InChI is InChI=1S/C32H41N3O7S2/c1-32(2,3)34-30(37)26-18-12-11-17-25(26)20-29(36)27(19-23-13-7-5-8-14-23)33-31(38)28(35-43(4,39)40)22-44(41,42)21-24-15-9-6-10-16-24/h5-18,27-29,35-36H,19-22H2,1-4H3,(H,33,38)(H,34,37)/t27-,28-,29+/m0/s1. The molecule has 0 aliphatic rings. The van der Waals surface area contributed by atoms with Crippen molar-refractivity contribution in [1.29, 1.82) is 0 Å². The Morgan fingerprint density at radius 2 is 1.34 bits per heavy atom. The van der Waals surface area contributed by atoms with Crippen LogP contribution in [0.5, 0.6) is 0 Å². The first-order valence-electron chi connectivity index (χ1n) is 14.2. The minimum atomic E-state index is -3.99. The summed E-state index contributed by atoms with van der Waals surface area (Å²) >= 11 is 0. The van der Waals surface area contributed by atoms with Gasteiger partial charge < -0.3 is 15.7 Å². The predicted octanol–water partition coefficient (Wildman–Crippen LogP) is 2.38. The molecule has 3 atom stereocenters. The molecule has 3 aromatic rings. The number of sulfone groups is 1. The van der Waals surface area contributed by atoms with E-state index in [2.05, 4.69) is 15.4 Å². The molecule has 0 fully saturated rings. The summed E-state index contributed by atoms with van der Waals surface area (Å²) in [6.45, 7) is 5.57. The first kappa shape index (κ1) is 34.9. The van der Waals surface area contributed by atoms with Gasteiger partial charge in [0.1, 0.15) is 6.04 Å². The lowest BCUT2D eigenvalue weighted by Gasteiger charge is -2.28. The highest BCUT2D eigenvalue weighted by Crippen LogP contribution is 2.17. The smallest absolute Gasteiger partial charge is 0.251 e. The van der Waals surface area contributed by atoms with Gasteiger partial charge in [-0.15, -0.1) is 0 Å². The van der Waals surface area contributed by atoms with Gasteiger partial charge in [0.2, 0.25) is 15.9 Å². The van der Waals surface area contributed by atoms with Crippen LogP contribution >= 0.6 is 0 Å². The summed E-state index contributed by atoms with van der Waals surface area (Å²) < 4.78 is 52.6. The molecule has 2 amide bonds. The van der Waals surface area contributed by atoms with Crippen molar-refractivity contribution in [2.75, 3.05) is 12.0 Å². The van der Waals surface area contributed by atoms with E-state index in [1.54, 1.807) is 66.7 Å².